The lowest BCUT2D eigenvalue weighted by Gasteiger charge is -2.05. The van der Waals surface area contributed by atoms with Crippen LogP contribution in [-0.2, 0) is 11.2 Å². The molecule has 0 saturated heterocycles. The highest BCUT2D eigenvalue weighted by Gasteiger charge is 2.09. The summed E-state index contributed by atoms with van der Waals surface area (Å²) in [6, 6.07) is 13.8. The maximum atomic E-state index is 11.8. The van der Waals surface area contributed by atoms with Crippen LogP contribution >= 0.6 is 23.1 Å². The summed E-state index contributed by atoms with van der Waals surface area (Å²) in [6.45, 7) is 4.78. The van der Waals surface area contributed by atoms with Gasteiger partial charge in [-0.2, -0.15) is 0 Å². The molecule has 6 nitrogen and oxygen atoms in total. The number of nitrogens with one attached hydrogen (secondary N) is 1. The number of aromatic nitrogens is 1. The topological polar surface area (TPSA) is 89.6 Å². The van der Waals surface area contributed by atoms with Crippen molar-refractivity contribution in [2.45, 2.75) is 26.7 Å². The Kier molecular flexibility index (Phi) is 7.70. The van der Waals surface area contributed by atoms with Crippen LogP contribution in [-0.4, -0.2) is 28.9 Å². The van der Waals surface area contributed by atoms with Crippen molar-refractivity contribution in [2.24, 2.45) is 16.6 Å². The Morgan fingerprint density at radius 1 is 1.27 bits per heavy atom. The van der Waals surface area contributed by atoms with Crippen molar-refractivity contribution in [3.63, 3.8) is 0 Å². The van der Waals surface area contributed by atoms with Gasteiger partial charge in [0.1, 0.15) is 11.3 Å². The fourth-order valence-corrected chi connectivity index (χ4v) is 4.57. The number of hydrogen-bond donors (Lipinski definition) is 2. The highest BCUT2D eigenvalue weighted by atomic mass is 32.2. The normalized spacial score (nSPS) is 11.8. The first-order chi connectivity index (χ1) is 14.4. The van der Waals surface area contributed by atoms with Gasteiger partial charge < -0.3 is 15.8 Å². The minimum atomic E-state index is 0.0430. The minimum absolute atomic E-state index is 0.0430. The molecule has 3 aromatic rings. The van der Waals surface area contributed by atoms with Crippen molar-refractivity contribution in [3.05, 3.63) is 48.0 Å². The number of amidine groups is 1. The molecule has 0 aliphatic carbocycles. The van der Waals surface area contributed by atoms with Crippen LogP contribution in [0.4, 0.5) is 10.8 Å². The van der Waals surface area contributed by atoms with E-state index in [1.54, 1.807) is 18.4 Å². The summed E-state index contributed by atoms with van der Waals surface area (Å²) >= 11 is 2.62. The lowest BCUT2D eigenvalue weighted by atomic mass is 10.1. The molecule has 8 heteroatoms. The number of nitrogens with zero attached hydrogens (tertiary/aromatic N) is 2. The molecule has 0 unspecified atom stereocenters. The molecule has 0 fully saturated rings. The van der Waals surface area contributed by atoms with Crippen molar-refractivity contribution in [1.29, 1.82) is 0 Å². The zero-order valence-electron chi connectivity index (χ0n) is 17.3. The molecule has 0 aliphatic heterocycles. The van der Waals surface area contributed by atoms with Gasteiger partial charge in [-0.05, 0) is 53.9 Å². The molecule has 0 saturated carbocycles. The van der Waals surface area contributed by atoms with Gasteiger partial charge in [-0.3, -0.25) is 4.79 Å². The number of para-hydroxylation sites is 1. The first kappa shape index (κ1) is 22.1. The number of methoxy groups -OCH3 is 1. The van der Waals surface area contributed by atoms with E-state index in [4.69, 9.17) is 10.5 Å². The first-order valence-electron chi connectivity index (χ1n) is 9.76. The lowest BCUT2D eigenvalue weighted by molar-refractivity contribution is -0.111. The number of carbonyl (C=O) groups excluding carboxylic acids is 1. The Morgan fingerprint density at radius 3 is 2.73 bits per heavy atom. The van der Waals surface area contributed by atoms with Gasteiger partial charge >= 0.3 is 0 Å². The monoisotopic (exact) mass is 442 g/mol. The van der Waals surface area contributed by atoms with Crippen LogP contribution in [0, 0.1) is 5.92 Å². The molecule has 2 aromatic carbocycles. The van der Waals surface area contributed by atoms with Crippen molar-refractivity contribution >= 4 is 54.4 Å². The van der Waals surface area contributed by atoms with E-state index in [-0.39, 0.29) is 10.3 Å². The van der Waals surface area contributed by atoms with Gasteiger partial charge in [0.2, 0.25) is 0 Å². The van der Waals surface area contributed by atoms with Crippen molar-refractivity contribution in [3.8, 4) is 5.75 Å². The van der Waals surface area contributed by atoms with E-state index in [1.165, 1.54) is 5.56 Å². The Balaban J connectivity index is 1.52. The van der Waals surface area contributed by atoms with Gasteiger partial charge in [-0.25, -0.2) is 9.98 Å². The van der Waals surface area contributed by atoms with E-state index in [0.29, 0.717) is 12.3 Å². The van der Waals surface area contributed by atoms with Crippen LogP contribution in [0.2, 0.25) is 0 Å². The zero-order valence-corrected chi connectivity index (χ0v) is 19.0. The third-order valence-corrected chi connectivity index (χ3v) is 5.93. The smallest absolute Gasteiger partial charge is 0.196 e. The molecule has 0 aliphatic rings. The molecule has 1 heterocycles. The van der Waals surface area contributed by atoms with Gasteiger partial charge in [-0.15, -0.1) is 0 Å². The molecule has 0 atom stereocenters. The number of ether oxygens (including phenoxy) is 1. The largest absolute Gasteiger partial charge is 0.494 e. The van der Waals surface area contributed by atoms with Gasteiger partial charge in [-0.1, -0.05) is 43.4 Å². The summed E-state index contributed by atoms with van der Waals surface area (Å²) in [5.74, 6) is 1.10. The zero-order chi connectivity index (χ0) is 21.5. The minimum Gasteiger partial charge on any atom is -0.494 e. The highest BCUT2D eigenvalue weighted by Crippen LogP contribution is 2.32. The fourth-order valence-electron chi connectivity index (χ4n) is 2.86. The molecule has 1 aromatic heterocycles. The SMILES string of the molecule is COc1cccc2sc(NCCc3ccc(N=C(N)SC(=O)CC(C)C)cc3)nc12. The molecule has 3 N–H and O–H groups in total. The van der Waals surface area contributed by atoms with E-state index in [0.717, 1.165) is 51.5 Å². The Bertz CT molecular complexity index is 1030. The molecule has 0 amide bonds. The first-order valence-corrected chi connectivity index (χ1v) is 11.4. The predicted octanol–water partition coefficient (Wildman–Crippen LogP) is 5.21. The van der Waals surface area contributed by atoms with Gasteiger partial charge in [0.05, 0.1) is 17.5 Å². The highest BCUT2D eigenvalue weighted by molar-refractivity contribution is 8.26. The van der Waals surface area contributed by atoms with E-state index >= 15 is 0 Å². The van der Waals surface area contributed by atoms with Gasteiger partial charge in [0.15, 0.2) is 15.4 Å². The average molecular weight is 443 g/mol. The van der Waals surface area contributed by atoms with Crippen molar-refractivity contribution in [2.75, 3.05) is 19.0 Å². The molecular formula is C22H26N4O2S2. The third-order valence-electron chi connectivity index (χ3n) is 4.26. The number of nitrogens with two attached hydrogens (primary N) is 1. The Labute approximate surface area is 184 Å². The number of aliphatic imine (C=N–C) groups is 1. The maximum Gasteiger partial charge on any atom is 0.196 e. The number of rotatable bonds is 8. The van der Waals surface area contributed by atoms with E-state index in [2.05, 4.69) is 15.3 Å². The molecule has 0 radical (unpaired) electrons. The predicted molar refractivity (Wildman–Crippen MR) is 128 cm³/mol. The number of hydrogen-bond acceptors (Lipinski definition) is 7. The second-order valence-corrected chi connectivity index (χ2v) is 9.30. The average Bonchev–Trinajstić information content (AvgIpc) is 3.11. The molecule has 0 spiro atoms. The molecule has 0 bridgehead atoms. The number of fused-ring (bicyclic) bond motifs is 1. The van der Waals surface area contributed by atoms with Crippen LogP contribution in [0.5, 0.6) is 5.75 Å². The number of carbonyl (C=O) groups is 1. The number of thiazole rings is 1. The molecular weight excluding hydrogens is 416 g/mol. The third kappa shape index (κ3) is 6.21. The Morgan fingerprint density at radius 2 is 2.03 bits per heavy atom. The van der Waals surface area contributed by atoms with Crippen LogP contribution in [0.25, 0.3) is 10.2 Å². The maximum absolute atomic E-state index is 11.8. The second kappa shape index (κ2) is 10.4. The van der Waals surface area contributed by atoms with E-state index < -0.39 is 0 Å². The van der Waals surface area contributed by atoms with Crippen LogP contribution in [0.3, 0.4) is 0 Å². The second-order valence-electron chi connectivity index (χ2n) is 7.19. The van der Waals surface area contributed by atoms with Crippen molar-refractivity contribution in [1.82, 2.24) is 4.98 Å². The lowest BCUT2D eigenvalue weighted by Crippen LogP contribution is -2.11. The quantitative estimate of drug-likeness (QED) is 0.368. The molecule has 158 valence electrons. The van der Waals surface area contributed by atoms with Crippen LogP contribution in [0.15, 0.2) is 47.5 Å². The summed E-state index contributed by atoms with van der Waals surface area (Å²) in [4.78, 5) is 20.8. The van der Waals surface area contributed by atoms with Crippen molar-refractivity contribution < 1.29 is 9.53 Å². The summed E-state index contributed by atoms with van der Waals surface area (Å²) in [6.07, 6.45) is 1.35. The Hall–Kier alpha value is -2.58. The molecule has 30 heavy (non-hydrogen) atoms. The summed E-state index contributed by atoms with van der Waals surface area (Å²) in [5.41, 5.74) is 8.70. The number of thioether (sulfide) groups is 1. The summed E-state index contributed by atoms with van der Waals surface area (Å²) in [5, 5.41) is 4.58. The van der Waals surface area contributed by atoms with Gasteiger partial charge in [0.25, 0.3) is 0 Å². The number of benzene rings is 2. The molecule has 3 rings (SSSR count). The number of anilines is 1. The van der Waals surface area contributed by atoms with Gasteiger partial charge in [0, 0.05) is 13.0 Å². The van der Waals surface area contributed by atoms with E-state index in [1.807, 2.05) is 56.3 Å². The fraction of sp³-hybridized carbons (Fsp3) is 0.318. The van der Waals surface area contributed by atoms with E-state index in [9.17, 15) is 4.79 Å². The van der Waals surface area contributed by atoms with Crippen LogP contribution < -0.4 is 15.8 Å². The summed E-state index contributed by atoms with van der Waals surface area (Å²) < 4.78 is 6.47. The van der Waals surface area contributed by atoms with Crippen LogP contribution in [0.1, 0.15) is 25.8 Å². The summed E-state index contributed by atoms with van der Waals surface area (Å²) in [7, 11) is 1.66. The standard InChI is InChI=1S/C22H26N4O2S2/c1-14(2)13-19(27)30-21(23)25-16-9-7-15(8-10-16)11-12-24-22-26-20-17(28-3)5-4-6-18(20)29-22/h4-10,14H,11-13H2,1-3H3,(H2,23,25)(H,24,26).